The molecule has 9 heteroatoms. The van der Waals surface area contributed by atoms with E-state index in [9.17, 15) is 35.4 Å². The molecule has 1 aliphatic rings. The second-order valence-corrected chi connectivity index (χ2v) is 17.1. The van der Waals surface area contributed by atoms with Gasteiger partial charge in [-0.25, -0.2) is 0 Å². The first-order valence-corrected chi connectivity index (χ1v) is 23.7. The number of hydrogen-bond donors (Lipinski definition) is 7. The smallest absolute Gasteiger partial charge is 0.220 e. The van der Waals surface area contributed by atoms with E-state index in [2.05, 4.69) is 19.2 Å². The maximum Gasteiger partial charge on any atom is 0.220 e. The van der Waals surface area contributed by atoms with E-state index in [4.69, 9.17) is 4.74 Å². The van der Waals surface area contributed by atoms with Crippen molar-refractivity contribution in [2.24, 2.45) is 0 Å². The van der Waals surface area contributed by atoms with E-state index in [1.165, 1.54) is 154 Å². The van der Waals surface area contributed by atoms with Gasteiger partial charge in [0.25, 0.3) is 0 Å². The molecule has 328 valence electrons. The van der Waals surface area contributed by atoms with Crippen molar-refractivity contribution < 1.29 is 40.2 Å². The number of aliphatic hydroxyl groups excluding tert-OH is 6. The molecule has 9 nitrogen and oxygen atoms in total. The topological polar surface area (TPSA) is 160 Å². The van der Waals surface area contributed by atoms with E-state index < -0.39 is 55.4 Å². The second kappa shape index (κ2) is 36.3. The number of carbonyl (C=O) groups excluding carboxylic acids is 1. The predicted octanol–water partition coefficient (Wildman–Crippen LogP) is 9.34. The lowest BCUT2D eigenvalue weighted by molar-refractivity contribution is -0.253. The molecule has 1 heterocycles. The summed E-state index contributed by atoms with van der Waals surface area (Å²) in [4.78, 5) is 13.1. The van der Waals surface area contributed by atoms with Crippen molar-refractivity contribution in [1.82, 2.24) is 5.32 Å². The molecule has 0 radical (unpaired) electrons. The summed E-state index contributed by atoms with van der Waals surface area (Å²) in [5.74, 6) is -0.287. The fraction of sp³-hybridized carbons (Fsp3) is 0.978. The van der Waals surface area contributed by atoms with Gasteiger partial charge in [0.2, 0.25) is 5.91 Å². The molecule has 1 rings (SSSR count). The van der Waals surface area contributed by atoms with Crippen molar-refractivity contribution in [1.29, 1.82) is 0 Å². The Morgan fingerprint density at radius 1 is 0.509 bits per heavy atom. The zero-order valence-corrected chi connectivity index (χ0v) is 35.9. The Hall–Kier alpha value is -0.810. The maximum atomic E-state index is 13.1. The number of unbranched alkanes of at least 4 members (excludes halogenated alkanes) is 30. The normalized spacial score (nSPS) is 21.8. The van der Waals surface area contributed by atoms with Crippen molar-refractivity contribution in [2.45, 2.75) is 281 Å². The Bertz CT molecular complexity index is 847. The highest BCUT2D eigenvalue weighted by Crippen LogP contribution is 2.26. The van der Waals surface area contributed by atoms with Crippen LogP contribution in [0, 0.1) is 0 Å². The van der Waals surface area contributed by atoms with Gasteiger partial charge in [-0.2, -0.15) is 0 Å². The monoisotopic (exact) mass is 786 g/mol. The van der Waals surface area contributed by atoms with Gasteiger partial charge in [-0.1, -0.05) is 213 Å². The van der Waals surface area contributed by atoms with Gasteiger partial charge in [-0.05, 0) is 12.8 Å². The third kappa shape index (κ3) is 26.0. The molecule has 0 aromatic heterocycles. The molecule has 8 atom stereocenters. The van der Waals surface area contributed by atoms with Crippen LogP contribution in [0.4, 0.5) is 0 Å². The molecular formula is C46H91NO8. The van der Waals surface area contributed by atoms with Crippen LogP contribution in [0.3, 0.4) is 0 Å². The summed E-state index contributed by atoms with van der Waals surface area (Å²) in [5.41, 5.74) is 0. The van der Waals surface area contributed by atoms with Crippen LogP contribution in [-0.2, 0) is 9.53 Å². The van der Waals surface area contributed by atoms with E-state index in [1.807, 2.05) is 0 Å². The molecule has 1 unspecified atom stereocenters. The second-order valence-electron chi connectivity index (χ2n) is 17.1. The molecule has 1 amide bonds. The summed E-state index contributed by atoms with van der Waals surface area (Å²) < 4.78 is 5.61. The summed E-state index contributed by atoms with van der Waals surface area (Å²) in [6.45, 7) is 3.90. The molecule has 1 aliphatic heterocycles. The van der Waals surface area contributed by atoms with Crippen LogP contribution < -0.4 is 5.32 Å². The first kappa shape index (κ1) is 52.2. The molecule has 0 aliphatic carbocycles. The van der Waals surface area contributed by atoms with Gasteiger partial charge in [-0.15, -0.1) is 0 Å². The molecule has 0 saturated carbocycles. The van der Waals surface area contributed by atoms with Crippen LogP contribution in [0.25, 0.3) is 0 Å². The number of carbonyl (C=O) groups is 1. The zero-order chi connectivity index (χ0) is 40.4. The molecule has 1 fully saturated rings. The van der Waals surface area contributed by atoms with Gasteiger partial charge in [0.05, 0.1) is 18.8 Å². The zero-order valence-electron chi connectivity index (χ0n) is 35.9. The number of rotatable bonds is 39. The Morgan fingerprint density at radius 3 is 1.22 bits per heavy atom. The Labute approximate surface area is 338 Å². The minimum atomic E-state index is -1.66. The minimum Gasteiger partial charge on any atom is -0.394 e. The molecular weight excluding hydrogens is 695 g/mol. The fourth-order valence-electron chi connectivity index (χ4n) is 8.20. The summed E-state index contributed by atoms with van der Waals surface area (Å²) >= 11 is 0. The van der Waals surface area contributed by atoms with Gasteiger partial charge >= 0.3 is 0 Å². The number of hydrogen-bond acceptors (Lipinski definition) is 8. The van der Waals surface area contributed by atoms with Crippen LogP contribution >= 0.6 is 0 Å². The summed E-state index contributed by atoms with van der Waals surface area (Å²) in [5, 5.41) is 66.3. The van der Waals surface area contributed by atoms with E-state index >= 15 is 0 Å². The quantitative estimate of drug-likeness (QED) is 0.0304. The van der Waals surface area contributed by atoms with E-state index in [1.54, 1.807) is 0 Å². The first-order chi connectivity index (χ1) is 26.8. The van der Waals surface area contributed by atoms with Crippen molar-refractivity contribution in [3.63, 3.8) is 0 Å². The summed E-state index contributed by atoms with van der Waals surface area (Å²) in [7, 11) is 0. The average Bonchev–Trinajstić information content (AvgIpc) is 3.18. The highest BCUT2D eigenvalue weighted by molar-refractivity contribution is 5.76. The SMILES string of the molecule is CCCCCCCCCCCCCCCCCCCCCC(=O)N[C@@H](C(O)[C@@H]1O[C@H](CO)[C@@H](O)[C@H](O)[C@H]1O)[C@H](O)CCCCCCCCCCCCCCC. The third-order valence-electron chi connectivity index (χ3n) is 12.0. The summed E-state index contributed by atoms with van der Waals surface area (Å²) in [6.07, 6.45) is 30.4. The molecule has 0 bridgehead atoms. The van der Waals surface area contributed by atoms with Gasteiger partial charge < -0.3 is 40.7 Å². The van der Waals surface area contributed by atoms with Crippen molar-refractivity contribution >= 4 is 5.91 Å². The van der Waals surface area contributed by atoms with Crippen molar-refractivity contribution in [2.75, 3.05) is 6.61 Å². The van der Waals surface area contributed by atoms with E-state index in [0.29, 0.717) is 12.8 Å². The van der Waals surface area contributed by atoms with Gasteiger partial charge in [0, 0.05) is 6.42 Å². The largest absolute Gasteiger partial charge is 0.394 e. The molecule has 0 spiro atoms. The Kier molecular flexibility index (Phi) is 34.4. The van der Waals surface area contributed by atoms with Gasteiger partial charge in [-0.3, -0.25) is 4.79 Å². The molecule has 0 aromatic carbocycles. The molecule has 0 aromatic rings. The minimum absolute atomic E-state index is 0.266. The van der Waals surface area contributed by atoms with Crippen LogP contribution in [0.15, 0.2) is 0 Å². The van der Waals surface area contributed by atoms with Crippen LogP contribution in [0.1, 0.15) is 232 Å². The van der Waals surface area contributed by atoms with Crippen LogP contribution in [0.5, 0.6) is 0 Å². The van der Waals surface area contributed by atoms with Crippen molar-refractivity contribution in [3.05, 3.63) is 0 Å². The first-order valence-electron chi connectivity index (χ1n) is 23.7. The number of nitrogens with one attached hydrogen (secondary N) is 1. The summed E-state index contributed by atoms with van der Waals surface area (Å²) in [6, 6.07) is -1.13. The van der Waals surface area contributed by atoms with E-state index in [-0.39, 0.29) is 12.3 Å². The number of amides is 1. The Morgan fingerprint density at radius 2 is 0.855 bits per heavy atom. The average molecular weight is 786 g/mol. The number of aliphatic hydroxyl groups is 6. The highest BCUT2D eigenvalue weighted by Gasteiger charge is 2.48. The lowest BCUT2D eigenvalue weighted by atomic mass is 9.87. The maximum absolute atomic E-state index is 13.1. The molecule has 7 N–H and O–H groups in total. The van der Waals surface area contributed by atoms with E-state index in [0.717, 1.165) is 44.9 Å². The van der Waals surface area contributed by atoms with Gasteiger partial charge in [0.15, 0.2) is 0 Å². The molecule has 1 saturated heterocycles. The Balaban J connectivity index is 2.34. The third-order valence-corrected chi connectivity index (χ3v) is 12.0. The van der Waals surface area contributed by atoms with Crippen molar-refractivity contribution in [3.8, 4) is 0 Å². The number of ether oxygens (including phenoxy) is 1. The molecule has 55 heavy (non-hydrogen) atoms. The lowest BCUT2D eigenvalue weighted by Gasteiger charge is -2.44. The van der Waals surface area contributed by atoms with Crippen LogP contribution in [0.2, 0.25) is 0 Å². The lowest BCUT2D eigenvalue weighted by Crippen LogP contribution is -2.66. The standard InChI is InChI=1S/C46H91NO8/c1-3-5-7-9-11-13-15-17-18-19-20-21-22-24-26-28-30-32-34-36-40(50)47-41(43(52)46-45(54)44(53)42(51)39(37-48)55-46)38(49)35-33-31-29-27-25-23-16-14-12-10-8-6-4-2/h38-39,41-46,48-49,51-54H,3-37H2,1-2H3,(H,47,50)/t38-,39-,41-,42-,43?,44+,45-,46+/m1/s1. The predicted molar refractivity (Wildman–Crippen MR) is 226 cm³/mol. The fourth-order valence-corrected chi connectivity index (χ4v) is 8.20. The van der Waals surface area contributed by atoms with Crippen LogP contribution in [-0.4, -0.2) is 91.9 Å². The highest BCUT2D eigenvalue weighted by atomic mass is 16.6. The van der Waals surface area contributed by atoms with Gasteiger partial charge in [0.1, 0.15) is 36.6 Å².